The molecule has 1 aromatic heterocycles. The van der Waals surface area contributed by atoms with E-state index in [4.69, 9.17) is 21.8 Å². The summed E-state index contributed by atoms with van der Waals surface area (Å²) in [6.07, 6.45) is 1.60. The Morgan fingerprint density at radius 1 is 1.43 bits per heavy atom. The molecule has 0 saturated carbocycles. The highest BCUT2D eigenvalue weighted by molar-refractivity contribution is 6.33. The third kappa shape index (κ3) is 1.59. The second-order valence-electron chi connectivity index (χ2n) is 3.03. The van der Waals surface area contributed by atoms with Crippen molar-refractivity contribution < 1.29 is 4.42 Å². The molecular weight excluding hydrogens is 200 g/mol. The summed E-state index contributed by atoms with van der Waals surface area (Å²) in [6.45, 7) is 1.87. The minimum atomic E-state index is 0.528. The molecule has 0 bridgehead atoms. The van der Waals surface area contributed by atoms with Crippen molar-refractivity contribution >= 4 is 17.3 Å². The molecule has 0 aliphatic carbocycles. The minimum absolute atomic E-state index is 0.528. The zero-order chi connectivity index (χ0) is 10.1. The maximum atomic E-state index is 5.80. The maximum absolute atomic E-state index is 5.80. The molecule has 3 nitrogen and oxygen atoms in total. The lowest BCUT2D eigenvalue weighted by atomic mass is 10.2. The number of hydrogen-bond acceptors (Lipinski definition) is 3. The predicted octanol–water partition coefficient (Wildman–Crippen LogP) is 2.89. The molecule has 72 valence electrons. The van der Waals surface area contributed by atoms with Crippen LogP contribution in [0.2, 0.25) is 5.02 Å². The van der Waals surface area contributed by atoms with Crippen LogP contribution in [0.25, 0.3) is 11.5 Å². The Bertz CT molecular complexity index is 465. The molecule has 2 N–H and O–H groups in total. The molecule has 14 heavy (non-hydrogen) atoms. The number of benzene rings is 1. The Balaban J connectivity index is 2.47. The summed E-state index contributed by atoms with van der Waals surface area (Å²) in [4.78, 5) is 4.19. The van der Waals surface area contributed by atoms with Gasteiger partial charge >= 0.3 is 0 Å². The van der Waals surface area contributed by atoms with Crippen LogP contribution in [0.15, 0.2) is 28.9 Å². The minimum Gasteiger partial charge on any atom is -0.444 e. The molecule has 0 aliphatic heterocycles. The van der Waals surface area contributed by atoms with E-state index >= 15 is 0 Å². The van der Waals surface area contributed by atoms with E-state index in [9.17, 15) is 0 Å². The summed E-state index contributed by atoms with van der Waals surface area (Å²) in [7, 11) is 0. The zero-order valence-electron chi connectivity index (χ0n) is 7.62. The normalized spacial score (nSPS) is 10.4. The number of halogens is 1. The number of anilines is 1. The average molecular weight is 209 g/mol. The van der Waals surface area contributed by atoms with Gasteiger partial charge in [0.1, 0.15) is 6.26 Å². The molecule has 2 aromatic rings. The molecule has 1 aromatic carbocycles. The van der Waals surface area contributed by atoms with Gasteiger partial charge in [-0.25, -0.2) is 4.98 Å². The lowest BCUT2D eigenvalue weighted by Gasteiger charge is -1.99. The van der Waals surface area contributed by atoms with Gasteiger partial charge in [-0.3, -0.25) is 0 Å². The molecule has 4 heteroatoms. The molecule has 2 rings (SSSR count). The van der Waals surface area contributed by atoms with Crippen LogP contribution in [0.3, 0.4) is 0 Å². The highest BCUT2D eigenvalue weighted by atomic mass is 35.5. The molecule has 0 amide bonds. The molecule has 0 aliphatic rings. The van der Waals surface area contributed by atoms with Gasteiger partial charge in [-0.05, 0) is 25.1 Å². The first kappa shape index (κ1) is 9.09. The van der Waals surface area contributed by atoms with E-state index in [1.54, 1.807) is 18.4 Å². The van der Waals surface area contributed by atoms with Crippen LogP contribution >= 0.6 is 11.6 Å². The Kier molecular flexibility index (Phi) is 2.17. The maximum Gasteiger partial charge on any atom is 0.226 e. The lowest BCUT2D eigenvalue weighted by molar-refractivity contribution is 0.573. The number of oxazole rings is 1. The molecule has 0 unspecified atom stereocenters. The summed E-state index contributed by atoms with van der Waals surface area (Å²) in [6, 6.07) is 5.29. The smallest absolute Gasteiger partial charge is 0.226 e. The number of nitrogens with two attached hydrogens (primary N) is 1. The van der Waals surface area contributed by atoms with E-state index in [1.807, 2.05) is 13.0 Å². The largest absolute Gasteiger partial charge is 0.444 e. The molecule has 0 fully saturated rings. The number of nitrogens with zero attached hydrogens (tertiary/aromatic N) is 1. The van der Waals surface area contributed by atoms with Crippen molar-refractivity contribution in [3.05, 3.63) is 35.2 Å². The van der Waals surface area contributed by atoms with Crippen LogP contribution in [-0.2, 0) is 0 Å². The first-order chi connectivity index (χ1) is 6.66. The second-order valence-corrected chi connectivity index (χ2v) is 3.44. The average Bonchev–Trinajstić information content (AvgIpc) is 2.57. The SMILES string of the molecule is Cc1coc(-c2ccc(Cl)c(N)c2)n1. The van der Waals surface area contributed by atoms with E-state index in [1.165, 1.54) is 0 Å². The zero-order valence-corrected chi connectivity index (χ0v) is 8.38. The quantitative estimate of drug-likeness (QED) is 0.734. The molecule has 0 spiro atoms. The predicted molar refractivity (Wildman–Crippen MR) is 56.1 cm³/mol. The summed E-state index contributed by atoms with van der Waals surface area (Å²) in [5, 5.41) is 0.539. The van der Waals surface area contributed by atoms with Crippen molar-refractivity contribution in [2.24, 2.45) is 0 Å². The fourth-order valence-electron chi connectivity index (χ4n) is 1.16. The van der Waals surface area contributed by atoms with Gasteiger partial charge in [0.05, 0.1) is 16.4 Å². The van der Waals surface area contributed by atoms with E-state index < -0.39 is 0 Å². The van der Waals surface area contributed by atoms with Crippen molar-refractivity contribution in [3.63, 3.8) is 0 Å². The second kappa shape index (κ2) is 3.35. The van der Waals surface area contributed by atoms with Crippen LogP contribution in [-0.4, -0.2) is 4.98 Å². The Morgan fingerprint density at radius 2 is 2.21 bits per heavy atom. The Labute approximate surface area is 86.5 Å². The van der Waals surface area contributed by atoms with E-state index in [0.29, 0.717) is 16.6 Å². The third-order valence-corrected chi connectivity index (χ3v) is 2.21. The van der Waals surface area contributed by atoms with Gasteiger partial charge in [0, 0.05) is 5.56 Å². The van der Waals surface area contributed by atoms with Gasteiger partial charge in [-0.1, -0.05) is 11.6 Å². The number of aryl methyl sites for hydroxylation is 1. The first-order valence-corrected chi connectivity index (χ1v) is 4.52. The van der Waals surface area contributed by atoms with Crippen molar-refractivity contribution in [3.8, 4) is 11.5 Å². The van der Waals surface area contributed by atoms with Crippen LogP contribution in [0.1, 0.15) is 5.69 Å². The van der Waals surface area contributed by atoms with E-state index in [2.05, 4.69) is 4.98 Å². The third-order valence-electron chi connectivity index (χ3n) is 1.86. The standard InChI is InChI=1S/C10H9ClN2O/c1-6-5-14-10(13-6)7-2-3-8(11)9(12)4-7/h2-5H,12H2,1H3. The van der Waals surface area contributed by atoms with Gasteiger partial charge in [0.2, 0.25) is 5.89 Å². The van der Waals surface area contributed by atoms with E-state index in [-0.39, 0.29) is 0 Å². The van der Waals surface area contributed by atoms with Crippen molar-refractivity contribution in [2.75, 3.05) is 5.73 Å². The Morgan fingerprint density at radius 3 is 2.79 bits per heavy atom. The van der Waals surface area contributed by atoms with Gasteiger partial charge in [-0.15, -0.1) is 0 Å². The van der Waals surface area contributed by atoms with Gasteiger partial charge < -0.3 is 10.2 Å². The molecular formula is C10H9ClN2O. The molecule has 0 saturated heterocycles. The fraction of sp³-hybridized carbons (Fsp3) is 0.100. The topological polar surface area (TPSA) is 52.0 Å². The van der Waals surface area contributed by atoms with Crippen LogP contribution in [0.4, 0.5) is 5.69 Å². The fourth-order valence-corrected chi connectivity index (χ4v) is 1.28. The molecule has 1 heterocycles. The van der Waals surface area contributed by atoms with E-state index in [0.717, 1.165) is 11.3 Å². The van der Waals surface area contributed by atoms with Crippen LogP contribution < -0.4 is 5.73 Å². The number of aromatic nitrogens is 1. The summed E-state index contributed by atoms with van der Waals surface area (Å²) < 4.78 is 5.24. The Hall–Kier alpha value is -1.48. The molecule has 0 radical (unpaired) electrons. The van der Waals surface area contributed by atoms with Crippen LogP contribution in [0.5, 0.6) is 0 Å². The van der Waals surface area contributed by atoms with Crippen molar-refractivity contribution in [1.82, 2.24) is 4.98 Å². The highest BCUT2D eigenvalue weighted by Gasteiger charge is 2.05. The van der Waals surface area contributed by atoms with Crippen LogP contribution in [0, 0.1) is 6.92 Å². The van der Waals surface area contributed by atoms with Crippen molar-refractivity contribution in [1.29, 1.82) is 0 Å². The summed E-state index contributed by atoms with van der Waals surface area (Å²) >= 11 is 5.80. The summed E-state index contributed by atoms with van der Waals surface area (Å²) in [5.74, 6) is 0.561. The number of hydrogen-bond donors (Lipinski definition) is 1. The van der Waals surface area contributed by atoms with Gasteiger partial charge in [0.15, 0.2) is 0 Å². The number of rotatable bonds is 1. The highest BCUT2D eigenvalue weighted by Crippen LogP contribution is 2.25. The van der Waals surface area contributed by atoms with Gasteiger partial charge in [-0.2, -0.15) is 0 Å². The monoisotopic (exact) mass is 208 g/mol. The molecule has 0 atom stereocenters. The summed E-state index contributed by atoms with van der Waals surface area (Å²) in [5.41, 5.74) is 7.87. The number of nitrogen functional groups attached to an aromatic ring is 1. The lowest BCUT2D eigenvalue weighted by Crippen LogP contribution is -1.87. The van der Waals surface area contributed by atoms with Crippen molar-refractivity contribution in [2.45, 2.75) is 6.92 Å². The van der Waals surface area contributed by atoms with Gasteiger partial charge in [0.25, 0.3) is 0 Å². The first-order valence-electron chi connectivity index (χ1n) is 4.14.